The maximum Gasteiger partial charge on any atom is 0.123 e. The Balaban J connectivity index is 1.70. The van der Waals surface area contributed by atoms with Gasteiger partial charge in [0, 0.05) is 36.6 Å². The number of nitrogens with one attached hydrogen (secondary N) is 1. The van der Waals surface area contributed by atoms with Gasteiger partial charge in [0.1, 0.15) is 5.75 Å². The summed E-state index contributed by atoms with van der Waals surface area (Å²) in [5.41, 5.74) is 4.23. The summed E-state index contributed by atoms with van der Waals surface area (Å²) in [7, 11) is 0. The molecular formula is C18H22N2O. The SMILES string of the molecule is Cc1cccc(CNc2cccc(N3CCCC3)c2)c1O. The summed E-state index contributed by atoms with van der Waals surface area (Å²) < 4.78 is 0. The second kappa shape index (κ2) is 6.08. The predicted octanol–water partition coefficient (Wildman–Crippen LogP) is 3.91. The molecule has 0 aromatic heterocycles. The first-order chi connectivity index (χ1) is 10.2. The quantitative estimate of drug-likeness (QED) is 0.892. The van der Waals surface area contributed by atoms with Crippen LogP contribution in [0.4, 0.5) is 11.4 Å². The lowest BCUT2D eigenvalue weighted by Gasteiger charge is -2.19. The Labute approximate surface area is 126 Å². The summed E-state index contributed by atoms with van der Waals surface area (Å²) in [6.07, 6.45) is 2.57. The Hall–Kier alpha value is -2.16. The second-order valence-electron chi connectivity index (χ2n) is 5.68. The van der Waals surface area contributed by atoms with E-state index in [1.165, 1.54) is 18.5 Å². The van der Waals surface area contributed by atoms with E-state index in [0.717, 1.165) is 29.9 Å². The van der Waals surface area contributed by atoms with Crippen LogP contribution < -0.4 is 10.2 Å². The van der Waals surface area contributed by atoms with Crippen LogP contribution in [0.2, 0.25) is 0 Å². The van der Waals surface area contributed by atoms with Gasteiger partial charge in [0.2, 0.25) is 0 Å². The molecule has 110 valence electrons. The number of aromatic hydroxyl groups is 1. The van der Waals surface area contributed by atoms with Crippen molar-refractivity contribution in [1.29, 1.82) is 0 Å². The Kier molecular flexibility index (Phi) is 4.00. The number of anilines is 2. The van der Waals surface area contributed by atoms with E-state index in [9.17, 15) is 5.11 Å². The molecule has 3 rings (SSSR count). The van der Waals surface area contributed by atoms with Crippen molar-refractivity contribution >= 4 is 11.4 Å². The van der Waals surface area contributed by atoms with E-state index < -0.39 is 0 Å². The lowest BCUT2D eigenvalue weighted by Crippen LogP contribution is -2.17. The lowest BCUT2D eigenvalue weighted by molar-refractivity contribution is 0.465. The number of benzene rings is 2. The van der Waals surface area contributed by atoms with Crippen molar-refractivity contribution in [2.24, 2.45) is 0 Å². The fourth-order valence-corrected chi connectivity index (χ4v) is 2.85. The highest BCUT2D eigenvalue weighted by Gasteiger charge is 2.12. The second-order valence-corrected chi connectivity index (χ2v) is 5.68. The monoisotopic (exact) mass is 282 g/mol. The highest BCUT2D eigenvalue weighted by Crippen LogP contribution is 2.25. The van der Waals surface area contributed by atoms with Gasteiger partial charge in [-0.3, -0.25) is 0 Å². The fraction of sp³-hybridized carbons (Fsp3) is 0.333. The first kappa shape index (κ1) is 13.8. The van der Waals surface area contributed by atoms with E-state index in [1.54, 1.807) is 0 Å². The lowest BCUT2D eigenvalue weighted by atomic mass is 10.1. The first-order valence-electron chi connectivity index (χ1n) is 7.60. The van der Waals surface area contributed by atoms with Gasteiger partial charge in [0.05, 0.1) is 0 Å². The van der Waals surface area contributed by atoms with Gasteiger partial charge in [-0.05, 0) is 43.5 Å². The number of phenols is 1. The molecule has 0 aliphatic carbocycles. The van der Waals surface area contributed by atoms with E-state index in [1.807, 2.05) is 25.1 Å². The molecule has 3 nitrogen and oxygen atoms in total. The molecule has 0 spiro atoms. The Bertz CT molecular complexity index is 618. The van der Waals surface area contributed by atoms with Crippen LogP contribution in [-0.2, 0) is 6.54 Å². The molecule has 1 fully saturated rings. The van der Waals surface area contributed by atoms with Crippen molar-refractivity contribution in [3.8, 4) is 5.75 Å². The van der Waals surface area contributed by atoms with Crippen LogP contribution in [0.1, 0.15) is 24.0 Å². The molecule has 21 heavy (non-hydrogen) atoms. The zero-order valence-electron chi connectivity index (χ0n) is 12.5. The third-order valence-electron chi connectivity index (χ3n) is 4.12. The normalized spacial score (nSPS) is 14.4. The first-order valence-corrected chi connectivity index (χ1v) is 7.60. The van der Waals surface area contributed by atoms with Crippen LogP contribution in [0.25, 0.3) is 0 Å². The molecular weight excluding hydrogens is 260 g/mol. The fourth-order valence-electron chi connectivity index (χ4n) is 2.85. The van der Waals surface area contributed by atoms with Crippen molar-refractivity contribution in [3.63, 3.8) is 0 Å². The minimum Gasteiger partial charge on any atom is -0.507 e. The molecule has 1 heterocycles. The van der Waals surface area contributed by atoms with Crippen LogP contribution >= 0.6 is 0 Å². The standard InChI is InChI=1S/C18H22N2O/c1-14-6-4-7-15(18(14)21)13-19-16-8-5-9-17(12-16)20-10-2-3-11-20/h4-9,12,19,21H,2-3,10-11,13H2,1H3. The summed E-state index contributed by atoms with van der Waals surface area (Å²) in [6, 6.07) is 14.4. The van der Waals surface area contributed by atoms with Gasteiger partial charge < -0.3 is 15.3 Å². The third kappa shape index (κ3) is 3.13. The zero-order chi connectivity index (χ0) is 14.7. The molecule has 2 aromatic rings. The molecule has 1 aliphatic heterocycles. The molecule has 0 radical (unpaired) electrons. The van der Waals surface area contributed by atoms with Gasteiger partial charge in [-0.1, -0.05) is 24.3 Å². The predicted molar refractivity (Wildman–Crippen MR) is 88.1 cm³/mol. The van der Waals surface area contributed by atoms with E-state index in [-0.39, 0.29) is 0 Å². The van der Waals surface area contributed by atoms with E-state index >= 15 is 0 Å². The Morgan fingerprint density at radius 1 is 1.10 bits per heavy atom. The molecule has 2 N–H and O–H groups in total. The number of nitrogens with zero attached hydrogens (tertiary/aromatic N) is 1. The maximum absolute atomic E-state index is 10.1. The highest BCUT2D eigenvalue weighted by atomic mass is 16.3. The number of aryl methyl sites for hydroxylation is 1. The van der Waals surface area contributed by atoms with Gasteiger partial charge in [-0.2, -0.15) is 0 Å². The van der Waals surface area contributed by atoms with Gasteiger partial charge >= 0.3 is 0 Å². The molecule has 1 saturated heterocycles. The van der Waals surface area contributed by atoms with Crippen LogP contribution in [0.3, 0.4) is 0 Å². The molecule has 3 heteroatoms. The highest BCUT2D eigenvalue weighted by molar-refractivity contribution is 5.59. The van der Waals surface area contributed by atoms with E-state index in [4.69, 9.17) is 0 Å². The minimum atomic E-state index is 0.390. The smallest absolute Gasteiger partial charge is 0.123 e. The largest absolute Gasteiger partial charge is 0.507 e. The molecule has 0 unspecified atom stereocenters. The van der Waals surface area contributed by atoms with Gasteiger partial charge in [0.15, 0.2) is 0 Å². The molecule has 0 amide bonds. The molecule has 2 aromatic carbocycles. The van der Waals surface area contributed by atoms with Crippen LogP contribution in [0.5, 0.6) is 5.75 Å². The van der Waals surface area contributed by atoms with Crippen molar-refractivity contribution in [2.45, 2.75) is 26.3 Å². The van der Waals surface area contributed by atoms with Gasteiger partial charge in [-0.15, -0.1) is 0 Å². The Morgan fingerprint density at radius 3 is 2.67 bits per heavy atom. The summed E-state index contributed by atoms with van der Waals surface area (Å²) in [6.45, 7) is 4.87. The number of phenolic OH excluding ortho intramolecular Hbond substituents is 1. The summed E-state index contributed by atoms with van der Waals surface area (Å²) in [5.74, 6) is 0.390. The van der Waals surface area contributed by atoms with E-state index in [0.29, 0.717) is 12.3 Å². The van der Waals surface area contributed by atoms with Crippen LogP contribution in [0, 0.1) is 6.92 Å². The van der Waals surface area contributed by atoms with Crippen molar-refractivity contribution < 1.29 is 5.11 Å². The number of hydrogen-bond acceptors (Lipinski definition) is 3. The van der Waals surface area contributed by atoms with Crippen molar-refractivity contribution in [1.82, 2.24) is 0 Å². The average molecular weight is 282 g/mol. The average Bonchev–Trinajstić information content (AvgIpc) is 3.03. The van der Waals surface area contributed by atoms with Crippen LogP contribution in [0.15, 0.2) is 42.5 Å². The third-order valence-corrected chi connectivity index (χ3v) is 4.12. The van der Waals surface area contributed by atoms with E-state index in [2.05, 4.69) is 34.5 Å². The molecule has 0 bridgehead atoms. The number of hydrogen-bond donors (Lipinski definition) is 2. The molecule has 1 aliphatic rings. The van der Waals surface area contributed by atoms with Gasteiger partial charge in [-0.25, -0.2) is 0 Å². The summed E-state index contributed by atoms with van der Waals surface area (Å²) in [4.78, 5) is 2.43. The molecule has 0 saturated carbocycles. The maximum atomic E-state index is 10.1. The summed E-state index contributed by atoms with van der Waals surface area (Å²) in [5, 5.41) is 13.5. The topological polar surface area (TPSA) is 35.5 Å². The minimum absolute atomic E-state index is 0.390. The number of rotatable bonds is 4. The summed E-state index contributed by atoms with van der Waals surface area (Å²) >= 11 is 0. The molecule has 0 atom stereocenters. The van der Waals surface area contributed by atoms with Crippen molar-refractivity contribution in [2.75, 3.05) is 23.3 Å². The van der Waals surface area contributed by atoms with Crippen molar-refractivity contribution in [3.05, 3.63) is 53.6 Å². The zero-order valence-corrected chi connectivity index (χ0v) is 12.5. The van der Waals surface area contributed by atoms with Crippen LogP contribution in [-0.4, -0.2) is 18.2 Å². The van der Waals surface area contributed by atoms with Gasteiger partial charge in [0.25, 0.3) is 0 Å². The number of para-hydroxylation sites is 1. The Morgan fingerprint density at radius 2 is 1.86 bits per heavy atom.